The molecule has 206 valence electrons. The van der Waals surface area contributed by atoms with E-state index in [1.165, 1.54) is 6.20 Å². The van der Waals surface area contributed by atoms with Gasteiger partial charge in [-0.05, 0) is 37.8 Å². The molecule has 4 N–H and O–H groups in total. The molecule has 14 heteroatoms. The lowest BCUT2D eigenvalue weighted by atomic mass is 9.80. The van der Waals surface area contributed by atoms with E-state index in [0.717, 1.165) is 48.9 Å². The van der Waals surface area contributed by atoms with Gasteiger partial charge in [-0.3, -0.25) is 0 Å². The largest absolute Gasteiger partial charge is 0.441 e. The highest BCUT2D eigenvalue weighted by atomic mass is 19.2. The van der Waals surface area contributed by atoms with Crippen molar-refractivity contribution in [1.29, 1.82) is 0 Å². The number of rotatable bonds is 6. The van der Waals surface area contributed by atoms with Gasteiger partial charge in [0.2, 0.25) is 0 Å². The second-order valence-corrected chi connectivity index (χ2v) is 9.99. The Morgan fingerprint density at radius 2 is 1.89 bits per heavy atom. The molecule has 2 aliphatic heterocycles. The van der Waals surface area contributed by atoms with E-state index in [9.17, 15) is 28.2 Å². The van der Waals surface area contributed by atoms with Gasteiger partial charge in [0.1, 0.15) is 35.6 Å². The average molecular weight is 540 g/mol. The lowest BCUT2D eigenvalue weighted by molar-refractivity contribution is -0.202. The van der Waals surface area contributed by atoms with E-state index < -0.39 is 60.6 Å². The van der Waals surface area contributed by atoms with Crippen molar-refractivity contribution in [3.8, 4) is 11.3 Å². The molecule has 0 bridgehead atoms. The van der Waals surface area contributed by atoms with Crippen molar-refractivity contribution < 1.29 is 42.5 Å². The standard InChI is InChI=1S/C24H28F3N5O6/c25-14-6-12(7-15(26)19(14)27)16-10-32(31-29-16)20-21(34)18(11-33)36-17(22(20)37-23(28)35)8-13-9-24(38-30-13)4-2-1-3-5-24/h6-7,10,17-18,20-22,33-34H,1-5,8-9,11H2,(H2,28,35). The zero-order chi connectivity index (χ0) is 27.0. The highest BCUT2D eigenvalue weighted by molar-refractivity contribution is 5.86. The van der Waals surface area contributed by atoms with Crippen LogP contribution in [0, 0.1) is 17.5 Å². The number of ether oxygens (including phenoxy) is 2. The van der Waals surface area contributed by atoms with Crippen LogP contribution < -0.4 is 5.73 Å². The van der Waals surface area contributed by atoms with Gasteiger partial charge in [0.05, 0.1) is 18.5 Å². The Labute approximate surface area is 215 Å². The number of hydrogen-bond acceptors (Lipinski definition) is 9. The van der Waals surface area contributed by atoms with Gasteiger partial charge >= 0.3 is 6.09 Å². The normalized spacial score (nSPS) is 28.7. The lowest BCUT2D eigenvalue weighted by Gasteiger charge is -2.43. The Hall–Kier alpha value is -3.23. The minimum atomic E-state index is -1.63. The summed E-state index contributed by atoms with van der Waals surface area (Å²) in [6.07, 6.45) is 1.16. The Bertz CT molecular complexity index is 1200. The van der Waals surface area contributed by atoms with Crippen LogP contribution in [0.15, 0.2) is 23.5 Å². The SMILES string of the molecule is NC(=O)OC1C(CC2=NOC3(CCCCC3)C2)OC(CO)C(O)C1n1cc(-c2cc(F)c(F)c(F)c2)nn1. The van der Waals surface area contributed by atoms with E-state index in [0.29, 0.717) is 12.1 Å². The minimum absolute atomic E-state index is 0.0378. The number of aliphatic hydroxyl groups excluding tert-OH is 2. The molecular weight excluding hydrogens is 511 g/mol. The molecule has 1 spiro atoms. The van der Waals surface area contributed by atoms with E-state index >= 15 is 0 Å². The molecule has 5 unspecified atom stereocenters. The van der Waals surface area contributed by atoms with Gasteiger partial charge in [-0.25, -0.2) is 22.6 Å². The van der Waals surface area contributed by atoms with Crippen molar-refractivity contribution in [1.82, 2.24) is 15.0 Å². The number of carbonyl (C=O) groups excluding carboxylic acids is 1. The summed E-state index contributed by atoms with van der Waals surface area (Å²) in [4.78, 5) is 17.7. The molecule has 1 aromatic carbocycles. The maximum absolute atomic E-state index is 13.8. The number of benzene rings is 1. The fourth-order valence-electron chi connectivity index (χ4n) is 5.58. The van der Waals surface area contributed by atoms with Crippen LogP contribution in [0.5, 0.6) is 0 Å². The summed E-state index contributed by atoms with van der Waals surface area (Å²) in [6, 6.07) is 0.355. The molecule has 2 aromatic rings. The van der Waals surface area contributed by atoms with Gasteiger partial charge in [-0.2, -0.15) is 0 Å². The van der Waals surface area contributed by atoms with Crippen LogP contribution in [0.25, 0.3) is 11.3 Å². The molecule has 3 heterocycles. The first kappa shape index (κ1) is 26.4. The quantitative estimate of drug-likeness (QED) is 0.473. The molecule has 38 heavy (non-hydrogen) atoms. The van der Waals surface area contributed by atoms with Crippen molar-refractivity contribution in [3.05, 3.63) is 35.8 Å². The molecule has 2 fully saturated rings. The van der Waals surface area contributed by atoms with Gasteiger partial charge < -0.3 is 30.3 Å². The smallest absolute Gasteiger partial charge is 0.404 e. The van der Waals surface area contributed by atoms with Crippen LogP contribution >= 0.6 is 0 Å². The Morgan fingerprint density at radius 1 is 1.18 bits per heavy atom. The molecule has 11 nitrogen and oxygen atoms in total. The third kappa shape index (κ3) is 5.07. The molecule has 1 saturated heterocycles. The second kappa shape index (κ2) is 10.5. The summed E-state index contributed by atoms with van der Waals surface area (Å²) in [5.41, 5.74) is 5.51. The summed E-state index contributed by atoms with van der Waals surface area (Å²) in [7, 11) is 0. The first-order chi connectivity index (χ1) is 18.2. The van der Waals surface area contributed by atoms with Crippen LogP contribution in [0.1, 0.15) is 51.0 Å². The summed E-state index contributed by atoms with van der Waals surface area (Å²) in [5.74, 6) is -4.45. The summed E-state index contributed by atoms with van der Waals surface area (Å²) in [6.45, 7) is -0.569. The number of aliphatic hydroxyl groups is 2. The van der Waals surface area contributed by atoms with Crippen molar-refractivity contribution in [3.63, 3.8) is 0 Å². The van der Waals surface area contributed by atoms with Crippen LogP contribution in [-0.4, -0.2) is 73.6 Å². The first-order valence-electron chi connectivity index (χ1n) is 12.4. The van der Waals surface area contributed by atoms with E-state index in [4.69, 9.17) is 20.0 Å². The molecule has 1 saturated carbocycles. The summed E-state index contributed by atoms with van der Waals surface area (Å²) < 4.78 is 53.4. The van der Waals surface area contributed by atoms with E-state index in [1.807, 2.05) is 0 Å². The van der Waals surface area contributed by atoms with E-state index in [2.05, 4.69) is 15.5 Å². The number of carbonyl (C=O) groups is 1. The number of primary amides is 1. The average Bonchev–Trinajstić information content (AvgIpc) is 3.52. The number of nitrogens with two attached hydrogens (primary N) is 1. The molecule has 5 atom stereocenters. The number of oxime groups is 1. The van der Waals surface area contributed by atoms with E-state index in [-0.39, 0.29) is 23.3 Å². The first-order valence-corrected chi connectivity index (χ1v) is 12.4. The molecule has 1 aromatic heterocycles. The van der Waals surface area contributed by atoms with Crippen molar-refractivity contribution in [2.75, 3.05) is 6.61 Å². The van der Waals surface area contributed by atoms with Gasteiger partial charge in [0.25, 0.3) is 0 Å². The van der Waals surface area contributed by atoms with Gasteiger partial charge in [-0.1, -0.05) is 16.8 Å². The lowest BCUT2D eigenvalue weighted by Crippen LogP contribution is -2.58. The van der Waals surface area contributed by atoms with Crippen LogP contribution in [0.2, 0.25) is 0 Å². The molecule has 0 radical (unpaired) electrons. The molecular formula is C24H28F3N5O6. The maximum Gasteiger partial charge on any atom is 0.404 e. The highest BCUT2D eigenvalue weighted by Crippen LogP contribution is 2.41. The third-order valence-electron chi connectivity index (χ3n) is 7.41. The van der Waals surface area contributed by atoms with Crippen molar-refractivity contribution in [2.24, 2.45) is 10.9 Å². The van der Waals surface area contributed by atoms with E-state index in [1.54, 1.807) is 0 Å². The monoisotopic (exact) mass is 539 g/mol. The van der Waals surface area contributed by atoms with Gasteiger partial charge in [0, 0.05) is 18.4 Å². The van der Waals surface area contributed by atoms with Crippen molar-refractivity contribution in [2.45, 2.75) is 81.0 Å². The second-order valence-electron chi connectivity index (χ2n) is 9.99. The Balaban J connectivity index is 1.43. The van der Waals surface area contributed by atoms with Crippen LogP contribution in [-0.2, 0) is 14.3 Å². The highest BCUT2D eigenvalue weighted by Gasteiger charge is 2.50. The Morgan fingerprint density at radius 3 is 2.55 bits per heavy atom. The zero-order valence-corrected chi connectivity index (χ0v) is 20.3. The summed E-state index contributed by atoms with van der Waals surface area (Å²) in [5, 5.41) is 33.0. The number of aromatic nitrogens is 3. The Kier molecular flexibility index (Phi) is 7.29. The topological polar surface area (TPSA) is 154 Å². The van der Waals surface area contributed by atoms with Crippen molar-refractivity contribution >= 4 is 11.8 Å². The number of halogens is 3. The third-order valence-corrected chi connectivity index (χ3v) is 7.41. The number of hydrogen-bond donors (Lipinski definition) is 3. The maximum atomic E-state index is 13.8. The summed E-state index contributed by atoms with van der Waals surface area (Å²) >= 11 is 0. The van der Waals surface area contributed by atoms with Crippen LogP contribution in [0.3, 0.4) is 0 Å². The zero-order valence-electron chi connectivity index (χ0n) is 20.3. The molecule has 1 aliphatic carbocycles. The number of nitrogens with zero attached hydrogens (tertiary/aromatic N) is 4. The van der Waals surface area contributed by atoms with Gasteiger partial charge in [0.15, 0.2) is 23.6 Å². The van der Waals surface area contributed by atoms with Crippen LogP contribution in [0.4, 0.5) is 18.0 Å². The molecule has 1 amide bonds. The number of amides is 1. The molecule has 5 rings (SSSR count). The minimum Gasteiger partial charge on any atom is -0.441 e. The molecule has 3 aliphatic rings. The van der Waals surface area contributed by atoms with Gasteiger partial charge in [-0.15, -0.1) is 5.10 Å². The fraction of sp³-hybridized carbons (Fsp3) is 0.583. The predicted octanol–water partition coefficient (Wildman–Crippen LogP) is 2.36. The predicted molar refractivity (Wildman–Crippen MR) is 124 cm³/mol. The fourth-order valence-corrected chi connectivity index (χ4v) is 5.58.